The molecule has 4 rings (SSSR count). The average molecular weight is 782 g/mol. The summed E-state index contributed by atoms with van der Waals surface area (Å²) in [4.78, 5) is 64.6. The molecule has 0 radical (unpaired) electrons. The van der Waals surface area contributed by atoms with Gasteiger partial charge in [0.1, 0.15) is 5.69 Å². The number of halogens is 6. The third kappa shape index (κ3) is 11.5. The Bertz CT molecular complexity index is 1660. The average Bonchev–Trinajstić information content (AvgIpc) is 3.57. The molecule has 298 valence electrons. The van der Waals surface area contributed by atoms with Crippen LogP contribution >= 0.6 is 0 Å². The molecule has 4 atom stereocenters. The maximum absolute atomic E-state index is 13.6. The summed E-state index contributed by atoms with van der Waals surface area (Å²) in [6.07, 6.45) is -10.5. The fourth-order valence-corrected chi connectivity index (χ4v) is 6.31. The number of nitrogens with zero attached hydrogens (tertiary/aromatic N) is 5. The zero-order chi connectivity index (χ0) is 39.8. The van der Waals surface area contributed by atoms with E-state index in [0.29, 0.717) is 25.7 Å². The number of alkyl halides is 6. The number of aromatic nitrogens is 2. The van der Waals surface area contributed by atoms with Crippen LogP contribution in [0.2, 0.25) is 0 Å². The lowest BCUT2D eigenvalue weighted by molar-refractivity contribution is -0.394. The van der Waals surface area contributed by atoms with E-state index >= 15 is 0 Å². The number of benzene rings is 1. The van der Waals surface area contributed by atoms with E-state index in [1.165, 1.54) is 11.1 Å². The highest BCUT2D eigenvalue weighted by molar-refractivity contribution is 5.82. The smallest absolute Gasteiger partial charge is 0.450 e. The SMILES string of the molecule is N[C@@H](Cc1cn(-c2ccc([N+](=O)[O-])cc2[N+](=O)[O-])cn1)C(=O)N[C@@H](CC1CCCCC1)[C@@H](OC(=O)C(F)(F)F)[C@H](CN1CCOCC1)OC(=O)C(F)(F)F. The van der Waals surface area contributed by atoms with E-state index in [1.54, 1.807) is 0 Å². The molecule has 1 aliphatic heterocycles. The predicted octanol–water partition coefficient (Wildman–Crippen LogP) is 3.29. The Balaban J connectivity index is 1.65. The Morgan fingerprint density at radius 2 is 1.61 bits per heavy atom. The zero-order valence-electron chi connectivity index (χ0n) is 28.4. The number of morpholine rings is 1. The largest absolute Gasteiger partial charge is 0.490 e. The second-order valence-corrected chi connectivity index (χ2v) is 12.8. The molecule has 2 aromatic rings. The van der Waals surface area contributed by atoms with E-state index in [2.05, 4.69) is 10.3 Å². The van der Waals surface area contributed by atoms with Gasteiger partial charge in [-0.3, -0.25) is 34.5 Å². The summed E-state index contributed by atoms with van der Waals surface area (Å²) in [7, 11) is 0. The van der Waals surface area contributed by atoms with E-state index in [9.17, 15) is 61.0 Å². The van der Waals surface area contributed by atoms with Gasteiger partial charge in [-0.25, -0.2) is 14.6 Å². The summed E-state index contributed by atoms with van der Waals surface area (Å²) in [5.41, 5.74) is 4.91. The number of amides is 1. The van der Waals surface area contributed by atoms with Crippen molar-refractivity contribution in [3.8, 4) is 5.69 Å². The minimum absolute atomic E-state index is 0.0680. The zero-order valence-corrected chi connectivity index (χ0v) is 28.4. The minimum atomic E-state index is -5.62. The molecule has 1 aromatic heterocycles. The van der Waals surface area contributed by atoms with Crippen LogP contribution in [0.3, 0.4) is 0 Å². The summed E-state index contributed by atoms with van der Waals surface area (Å²) < 4.78 is 97.2. The number of non-ortho nitro benzene ring substituents is 1. The number of rotatable bonds is 15. The van der Waals surface area contributed by atoms with Gasteiger partial charge in [0, 0.05) is 38.3 Å². The number of nitrogens with one attached hydrogen (secondary N) is 1. The number of carbonyl (C=O) groups excluding carboxylic acids is 3. The lowest BCUT2D eigenvalue weighted by Gasteiger charge is -2.38. The third-order valence-corrected chi connectivity index (χ3v) is 8.96. The van der Waals surface area contributed by atoms with Crippen molar-refractivity contribution in [2.75, 3.05) is 32.8 Å². The van der Waals surface area contributed by atoms with Crippen molar-refractivity contribution in [1.82, 2.24) is 19.8 Å². The van der Waals surface area contributed by atoms with E-state index in [1.807, 2.05) is 0 Å². The Morgan fingerprint density at radius 1 is 0.981 bits per heavy atom. The monoisotopic (exact) mass is 781 g/mol. The second-order valence-electron chi connectivity index (χ2n) is 12.8. The first-order chi connectivity index (χ1) is 25.3. The van der Waals surface area contributed by atoms with E-state index in [-0.39, 0.29) is 56.4 Å². The van der Waals surface area contributed by atoms with Crippen molar-refractivity contribution in [3.63, 3.8) is 0 Å². The van der Waals surface area contributed by atoms with Crippen molar-refractivity contribution in [1.29, 1.82) is 0 Å². The van der Waals surface area contributed by atoms with Crippen LogP contribution in [0.15, 0.2) is 30.7 Å². The molecular weight excluding hydrogens is 744 g/mol. The topological polar surface area (TPSA) is 224 Å². The second kappa shape index (κ2) is 18.0. The maximum Gasteiger partial charge on any atom is 0.490 e. The van der Waals surface area contributed by atoms with Gasteiger partial charge in [0.05, 0.1) is 53.2 Å². The van der Waals surface area contributed by atoms with Gasteiger partial charge in [0.15, 0.2) is 12.2 Å². The predicted molar refractivity (Wildman–Crippen MR) is 171 cm³/mol. The third-order valence-electron chi connectivity index (χ3n) is 8.96. The van der Waals surface area contributed by atoms with E-state index in [4.69, 9.17) is 19.9 Å². The maximum atomic E-state index is 13.6. The van der Waals surface area contributed by atoms with Gasteiger partial charge in [0.25, 0.3) is 11.4 Å². The number of hydrogen-bond donors (Lipinski definition) is 2. The molecule has 0 bridgehead atoms. The molecule has 2 aliphatic rings. The van der Waals surface area contributed by atoms with E-state index < -0.39 is 82.3 Å². The molecule has 3 N–H and O–H groups in total. The van der Waals surface area contributed by atoms with Gasteiger partial charge in [-0.15, -0.1) is 0 Å². The van der Waals surface area contributed by atoms with Crippen molar-refractivity contribution in [2.45, 2.75) is 81.6 Å². The summed E-state index contributed by atoms with van der Waals surface area (Å²) in [6, 6.07) is -0.311. The summed E-state index contributed by atoms with van der Waals surface area (Å²) in [5, 5.41) is 25.2. The standard InChI is InChI=1S/C31H37F6N7O10/c32-30(33,34)28(46)53-25(16-41-8-10-52-11-9-41)26(54-29(47)31(35,36)37)22(12-18-4-2-1-3-5-18)40-27(45)21(38)13-19-15-42(17-39-19)23-7-6-20(43(48)49)14-24(23)44(50)51/h6-7,14-15,17-18,21-22,25-26H,1-5,8-13,16,38H2,(H,40,45)/t21-,22-,25-,26+/m0/s1. The number of esters is 2. The molecule has 1 saturated heterocycles. The molecule has 1 saturated carbocycles. The van der Waals surface area contributed by atoms with Gasteiger partial charge < -0.3 is 25.3 Å². The van der Waals surface area contributed by atoms with Gasteiger partial charge in [-0.2, -0.15) is 26.3 Å². The lowest BCUT2D eigenvalue weighted by atomic mass is 9.82. The van der Waals surface area contributed by atoms with Crippen LogP contribution < -0.4 is 11.1 Å². The number of nitro benzene ring substituents is 2. The normalized spacial score (nSPS) is 18.2. The number of carbonyl (C=O) groups is 3. The first-order valence-corrected chi connectivity index (χ1v) is 16.7. The van der Waals surface area contributed by atoms with Gasteiger partial charge in [-0.1, -0.05) is 32.1 Å². The number of nitrogens with two attached hydrogens (primary N) is 1. The molecule has 23 heteroatoms. The first kappa shape index (κ1) is 41.9. The van der Waals surface area contributed by atoms with Gasteiger partial charge in [0.2, 0.25) is 5.91 Å². The molecule has 2 heterocycles. The first-order valence-electron chi connectivity index (χ1n) is 16.7. The molecule has 0 unspecified atom stereocenters. The van der Waals surface area contributed by atoms with Crippen molar-refractivity contribution < 1.29 is 64.8 Å². The fraction of sp³-hybridized carbons (Fsp3) is 0.613. The summed E-state index contributed by atoms with van der Waals surface area (Å²) in [5.74, 6) is -6.88. The highest BCUT2D eigenvalue weighted by Crippen LogP contribution is 2.32. The summed E-state index contributed by atoms with van der Waals surface area (Å²) >= 11 is 0. The molecule has 17 nitrogen and oxygen atoms in total. The molecular formula is C31H37F6N7O10. The molecule has 1 aliphatic carbocycles. The number of ether oxygens (including phenoxy) is 3. The van der Waals surface area contributed by atoms with Crippen LogP contribution in [0.1, 0.15) is 44.2 Å². The number of nitro groups is 2. The fourth-order valence-electron chi connectivity index (χ4n) is 6.31. The van der Waals surface area contributed by atoms with Crippen molar-refractivity contribution in [3.05, 3.63) is 56.6 Å². The number of hydrogen-bond acceptors (Lipinski definition) is 13. The van der Waals surface area contributed by atoms with E-state index in [0.717, 1.165) is 35.5 Å². The molecule has 1 amide bonds. The van der Waals surface area contributed by atoms with Crippen LogP contribution in [0, 0.1) is 26.1 Å². The van der Waals surface area contributed by atoms with Crippen molar-refractivity contribution >= 4 is 29.2 Å². The Kier molecular flexibility index (Phi) is 13.9. The summed E-state index contributed by atoms with van der Waals surface area (Å²) in [6.45, 7) is -0.259. The highest BCUT2D eigenvalue weighted by Gasteiger charge is 2.49. The Morgan fingerprint density at radius 3 is 2.20 bits per heavy atom. The van der Waals surface area contributed by atoms with Crippen LogP contribution in [0.4, 0.5) is 37.7 Å². The molecule has 1 aromatic carbocycles. The lowest BCUT2D eigenvalue weighted by Crippen LogP contribution is -2.59. The quantitative estimate of drug-likeness (QED) is 0.115. The molecule has 54 heavy (non-hydrogen) atoms. The van der Waals surface area contributed by atoms with Crippen LogP contribution in [-0.4, -0.2) is 112 Å². The van der Waals surface area contributed by atoms with Crippen LogP contribution in [-0.2, 0) is 35.0 Å². The van der Waals surface area contributed by atoms with Crippen LogP contribution in [0.5, 0.6) is 0 Å². The van der Waals surface area contributed by atoms with Crippen molar-refractivity contribution in [2.24, 2.45) is 11.7 Å². The molecule has 2 fully saturated rings. The molecule has 0 spiro atoms. The van der Waals surface area contributed by atoms with Gasteiger partial charge in [-0.05, 0) is 18.4 Å². The highest BCUT2D eigenvalue weighted by atomic mass is 19.4. The Hall–Kier alpha value is -4.90. The van der Waals surface area contributed by atoms with Gasteiger partial charge >= 0.3 is 24.3 Å². The van der Waals surface area contributed by atoms with Crippen LogP contribution in [0.25, 0.3) is 5.69 Å². The minimum Gasteiger partial charge on any atom is -0.450 e. The Labute approximate surface area is 302 Å². The number of imidazole rings is 1.